The second kappa shape index (κ2) is 7.34. The second-order valence-corrected chi connectivity index (χ2v) is 7.43. The molecule has 5 nitrogen and oxygen atoms in total. The molecule has 1 aromatic heterocycles. The van der Waals surface area contributed by atoms with E-state index in [-0.39, 0.29) is 17.0 Å². The number of amides is 1. The van der Waals surface area contributed by atoms with Crippen LogP contribution >= 0.6 is 11.8 Å². The quantitative estimate of drug-likeness (QED) is 0.843. The van der Waals surface area contributed by atoms with Gasteiger partial charge in [0.15, 0.2) is 11.0 Å². The third-order valence-electron chi connectivity index (χ3n) is 4.29. The highest BCUT2D eigenvalue weighted by atomic mass is 32.2. The first-order valence-corrected chi connectivity index (χ1v) is 9.05. The van der Waals surface area contributed by atoms with Crippen LogP contribution in [0.3, 0.4) is 0 Å². The molecule has 0 saturated heterocycles. The normalized spacial score (nSPS) is 16.3. The number of thioether (sulfide) groups is 1. The van der Waals surface area contributed by atoms with Crippen LogP contribution in [0, 0.1) is 5.82 Å². The number of benzene rings is 1. The van der Waals surface area contributed by atoms with Crippen molar-refractivity contribution in [1.29, 1.82) is 0 Å². The van der Waals surface area contributed by atoms with Gasteiger partial charge in [0.25, 0.3) is 0 Å². The first-order chi connectivity index (χ1) is 11.5. The molecule has 1 heterocycles. The first-order valence-electron chi connectivity index (χ1n) is 8.17. The van der Waals surface area contributed by atoms with Crippen molar-refractivity contribution in [2.75, 3.05) is 0 Å². The largest absolute Gasteiger partial charge is 0.352 e. The van der Waals surface area contributed by atoms with E-state index in [4.69, 9.17) is 0 Å². The van der Waals surface area contributed by atoms with Gasteiger partial charge in [-0.2, -0.15) is 0 Å². The van der Waals surface area contributed by atoms with E-state index in [1.54, 1.807) is 12.1 Å². The van der Waals surface area contributed by atoms with Crippen LogP contribution in [0.2, 0.25) is 0 Å². The lowest BCUT2D eigenvalue weighted by Gasteiger charge is -2.16. The van der Waals surface area contributed by atoms with Crippen LogP contribution in [0.25, 0.3) is 11.4 Å². The summed E-state index contributed by atoms with van der Waals surface area (Å²) in [6.45, 7) is 1.88. The van der Waals surface area contributed by atoms with Gasteiger partial charge in [0.1, 0.15) is 5.82 Å². The Labute approximate surface area is 145 Å². The molecule has 3 rings (SSSR count). The summed E-state index contributed by atoms with van der Waals surface area (Å²) in [5, 5.41) is 11.9. The van der Waals surface area contributed by atoms with E-state index in [9.17, 15) is 9.18 Å². The summed E-state index contributed by atoms with van der Waals surface area (Å²) in [7, 11) is 1.85. The number of hydrogen-bond donors (Lipinski definition) is 1. The minimum absolute atomic E-state index is 0.0400. The summed E-state index contributed by atoms with van der Waals surface area (Å²) in [4.78, 5) is 12.3. The summed E-state index contributed by atoms with van der Waals surface area (Å²) < 4.78 is 14.9. The summed E-state index contributed by atoms with van der Waals surface area (Å²) in [6.07, 6.45) is 4.52. The van der Waals surface area contributed by atoms with Gasteiger partial charge in [-0.15, -0.1) is 10.2 Å². The fourth-order valence-corrected chi connectivity index (χ4v) is 3.69. The number of rotatable bonds is 5. The minimum Gasteiger partial charge on any atom is -0.352 e. The van der Waals surface area contributed by atoms with Gasteiger partial charge in [0.05, 0.1) is 5.25 Å². The van der Waals surface area contributed by atoms with Gasteiger partial charge in [-0.3, -0.25) is 4.79 Å². The molecule has 24 heavy (non-hydrogen) atoms. The van der Waals surface area contributed by atoms with E-state index >= 15 is 0 Å². The van der Waals surface area contributed by atoms with Crippen molar-refractivity contribution in [3.05, 3.63) is 30.1 Å². The standard InChI is InChI=1S/C17H21FN4OS/c1-11(16(23)19-14-5-3-4-6-14)24-17-21-20-15(22(17)2)12-7-9-13(18)10-8-12/h7-11,14H,3-6H2,1-2H3,(H,19,23)/t11-/m1/s1. The second-order valence-electron chi connectivity index (χ2n) is 6.12. The van der Waals surface area contributed by atoms with E-state index in [1.807, 2.05) is 18.5 Å². The third kappa shape index (κ3) is 3.77. The van der Waals surface area contributed by atoms with Crippen molar-refractivity contribution in [1.82, 2.24) is 20.1 Å². The maximum Gasteiger partial charge on any atom is 0.233 e. The zero-order valence-corrected chi connectivity index (χ0v) is 14.6. The SMILES string of the molecule is C[C@@H](Sc1nnc(-c2ccc(F)cc2)n1C)C(=O)NC1CCCC1. The molecule has 0 unspecified atom stereocenters. The maximum atomic E-state index is 13.0. The average Bonchev–Trinajstić information content (AvgIpc) is 3.19. The van der Waals surface area contributed by atoms with Crippen molar-refractivity contribution in [2.24, 2.45) is 7.05 Å². The molecule has 0 aliphatic heterocycles. The van der Waals surface area contributed by atoms with Crippen molar-refractivity contribution < 1.29 is 9.18 Å². The van der Waals surface area contributed by atoms with Crippen molar-refractivity contribution in [3.63, 3.8) is 0 Å². The summed E-state index contributed by atoms with van der Waals surface area (Å²) in [5.41, 5.74) is 0.793. The van der Waals surface area contributed by atoms with Crippen LogP contribution in [0.15, 0.2) is 29.4 Å². The first kappa shape index (κ1) is 17.0. The number of nitrogens with zero attached hydrogens (tertiary/aromatic N) is 3. The van der Waals surface area contributed by atoms with Crippen LogP contribution in [0.4, 0.5) is 4.39 Å². The molecule has 1 N–H and O–H groups in total. The zero-order chi connectivity index (χ0) is 17.1. The predicted octanol–water partition coefficient (Wildman–Crippen LogP) is 3.16. The van der Waals surface area contributed by atoms with Gasteiger partial charge in [0, 0.05) is 18.7 Å². The van der Waals surface area contributed by atoms with E-state index in [0.29, 0.717) is 17.0 Å². The van der Waals surface area contributed by atoms with Gasteiger partial charge in [-0.1, -0.05) is 24.6 Å². The Morgan fingerprint density at radius 3 is 2.62 bits per heavy atom. The maximum absolute atomic E-state index is 13.0. The van der Waals surface area contributed by atoms with Crippen molar-refractivity contribution in [2.45, 2.75) is 49.1 Å². The molecule has 2 aromatic rings. The Balaban J connectivity index is 1.66. The average molecular weight is 348 g/mol. The Bertz CT molecular complexity index is 710. The van der Waals surface area contributed by atoms with Gasteiger partial charge in [-0.25, -0.2) is 4.39 Å². The fraction of sp³-hybridized carbons (Fsp3) is 0.471. The number of aromatic nitrogens is 3. The van der Waals surface area contributed by atoms with E-state index in [0.717, 1.165) is 18.4 Å². The number of hydrogen-bond acceptors (Lipinski definition) is 4. The molecule has 1 aliphatic carbocycles. The summed E-state index contributed by atoms with van der Waals surface area (Å²) in [5.74, 6) is 0.409. The molecule has 128 valence electrons. The van der Waals surface area contributed by atoms with Crippen molar-refractivity contribution >= 4 is 17.7 Å². The topological polar surface area (TPSA) is 59.8 Å². The Kier molecular flexibility index (Phi) is 5.18. The highest BCUT2D eigenvalue weighted by Gasteiger charge is 2.23. The number of carbonyl (C=O) groups excluding carboxylic acids is 1. The predicted molar refractivity (Wildman–Crippen MR) is 92.1 cm³/mol. The Morgan fingerprint density at radius 2 is 1.96 bits per heavy atom. The molecular weight excluding hydrogens is 327 g/mol. The summed E-state index contributed by atoms with van der Waals surface area (Å²) >= 11 is 1.38. The summed E-state index contributed by atoms with van der Waals surface area (Å²) in [6, 6.07) is 6.45. The van der Waals surface area contributed by atoms with Crippen LogP contribution in [0.1, 0.15) is 32.6 Å². The van der Waals surface area contributed by atoms with Crippen LogP contribution < -0.4 is 5.32 Å². The Hall–Kier alpha value is -1.89. The molecular formula is C17H21FN4OS. The van der Waals surface area contributed by atoms with Crippen LogP contribution in [0.5, 0.6) is 0 Å². The van der Waals surface area contributed by atoms with Gasteiger partial charge < -0.3 is 9.88 Å². The lowest BCUT2D eigenvalue weighted by atomic mass is 10.2. The third-order valence-corrected chi connectivity index (χ3v) is 5.42. The van der Waals surface area contributed by atoms with Crippen molar-refractivity contribution in [3.8, 4) is 11.4 Å². The molecule has 7 heteroatoms. The molecule has 1 atom stereocenters. The molecule has 1 fully saturated rings. The van der Waals surface area contributed by atoms with Crippen LogP contribution in [-0.4, -0.2) is 32.0 Å². The molecule has 1 aromatic carbocycles. The monoisotopic (exact) mass is 348 g/mol. The fourth-order valence-electron chi connectivity index (χ4n) is 2.87. The molecule has 1 aliphatic rings. The Morgan fingerprint density at radius 1 is 1.29 bits per heavy atom. The van der Waals surface area contributed by atoms with E-state index in [2.05, 4.69) is 15.5 Å². The van der Waals surface area contributed by atoms with E-state index in [1.165, 1.54) is 36.7 Å². The highest BCUT2D eigenvalue weighted by Crippen LogP contribution is 2.26. The van der Waals surface area contributed by atoms with Gasteiger partial charge >= 0.3 is 0 Å². The van der Waals surface area contributed by atoms with E-state index < -0.39 is 0 Å². The molecule has 1 amide bonds. The highest BCUT2D eigenvalue weighted by molar-refractivity contribution is 8.00. The molecule has 0 spiro atoms. The van der Waals surface area contributed by atoms with Gasteiger partial charge in [0.2, 0.25) is 5.91 Å². The molecule has 0 bridgehead atoms. The van der Waals surface area contributed by atoms with Gasteiger partial charge in [-0.05, 0) is 44.0 Å². The minimum atomic E-state index is -0.285. The number of carbonyl (C=O) groups is 1. The molecule has 0 radical (unpaired) electrons. The lowest BCUT2D eigenvalue weighted by molar-refractivity contribution is -0.120. The van der Waals surface area contributed by atoms with Crippen LogP contribution in [-0.2, 0) is 11.8 Å². The number of nitrogens with one attached hydrogen (secondary N) is 1. The lowest BCUT2D eigenvalue weighted by Crippen LogP contribution is -2.37. The number of halogens is 1. The zero-order valence-electron chi connectivity index (χ0n) is 13.8. The smallest absolute Gasteiger partial charge is 0.233 e. The molecule has 1 saturated carbocycles.